The van der Waals surface area contributed by atoms with Crippen LogP contribution in [0.4, 0.5) is 10.5 Å². The first-order valence-corrected chi connectivity index (χ1v) is 11.3. The van der Waals surface area contributed by atoms with Crippen LogP contribution >= 0.6 is 0 Å². The third kappa shape index (κ3) is 4.43. The van der Waals surface area contributed by atoms with Crippen molar-refractivity contribution < 1.29 is 14.1 Å². The minimum Gasteiger partial charge on any atom is -0.497 e. The Kier molecular flexibility index (Phi) is 5.76. The van der Waals surface area contributed by atoms with Gasteiger partial charge in [-0.05, 0) is 43.4 Å². The second-order valence-electron chi connectivity index (χ2n) is 9.12. The molecule has 2 aromatic carbocycles. The molecule has 1 aliphatic heterocycles. The van der Waals surface area contributed by atoms with Gasteiger partial charge in [0, 0.05) is 37.4 Å². The van der Waals surface area contributed by atoms with E-state index in [0.717, 1.165) is 32.5 Å². The number of urea groups is 1. The van der Waals surface area contributed by atoms with Crippen molar-refractivity contribution in [3.05, 3.63) is 71.9 Å². The van der Waals surface area contributed by atoms with Gasteiger partial charge in [-0.15, -0.1) is 0 Å². The van der Waals surface area contributed by atoms with Crippen molar-refractivity contribution in [1.82, 2.24) is 20.4 Å². The molecule has 1 saturated carbocycles. The van der Waals surface area contributed by atoms with Crippen molar-refractivity contribution in [2.75, 3.05) is 25.5 Å². The van der Waals surface area contributed by atoms with Gasteiger partial charge in [0.05, 0.1) is 12.5 Å². The van der Waals surface area contributed by atoms with Crippen LogP contribution in [0, 0.1) is 12.8 Å². The highest BCUT2D eigenvalue weighted by Crippen LogP contribution is 2.50. The average Bonchev–Trinajstić information content (AvgIpc) is 3.47. The van der Waals surface area contributed by atoms with Gasteiger partial charge >= 0.3 is 6.03 Å². The number of nitrogens with one attached hydrogen (secondary N) is 2. The fraction of sp³-hybridized carbons (Fsp3) is 0.400. The first kappa shape index (κ1) is 21.5. The molecule has 172 valence electrons. The molecule has 0 spiro atoms. The number of fused-ring (bicyclic) bond motifs is 1. The molecule has 8 nitrogen and oxygen atoms in total. The number of anilines is 1. The highest BCUT2D eigenvalue weighted by molar-refractivity contribution is 5.89. The van der Waals surface area contributed by atoms with Crippen LogP contribution in [0.1, 0.15) is 30.1 Å². The molecule has 2 aliphatic rings. The number of carbonyl (C=O) groups is 1. The van der Waals surface area contributed by atoms with Crippen LogP contribution in [0.3, 0.4) is 0 Å². The van der Waals surface area contributed by atoms with Gasteiger partial charge in [0.1, 0.15) is 5.75 Å². The van der Waals surface area contributed by atoms with Crippen LogP contribution in [0.25, 0.3) is 0 Å². The monoisotopic (exact) mass is 447 g/mol. The summed E-state index contributed by atoms with van der Waals surface area (Å²) in [5.41, 5.74) is 1.74. The van der Waals surface area contributed by atoms with Crippen molar-refractivity contribution in [2.24, 2.45) is 5.92 Å². The Labute approximate surface area is 193 Å². The Hall–Kier alpha value is -3.39. The number of amides is 2. The van der Waals surface area contributed by atoms with Crippen molar-refractivity contribution in [3.63, 3.8) is 0 Å². The van der Waals surface area contributed by atoms with Crippen LogP contribution in [0.2, 0.25) is 0 Å². The summed E-state index contributed by atoms with van der Waals surface area (Å²) in [6.45, 7) is 4.51. The molecule has 3 aromatic rings. The number of aryl methyl sites for hydroxylation is 1. The van der Waals surface area contributed by atoms with E-state index < -0.39 is 0 Å². The number of carbonyl (C=O) groups excluding carboxylic acids is 1. The molecule has 3 atom stereocenters. The lowest BCUT2D eigenvalue weighted by Gasteiger charge is -2.25. The average molecular weight is 448 g/mol. The minimum absolute atomic E-state index is 0.0340. The number of rotatable bonds is 6. The Morgan fingerprint density at radius 1 is 1.24 bits per heavy atom. The fourth-order valence-corrected chi connectivity index (χ4v) is 5.43. The molecule has 2 heterocycles. The molecule has 1 aromatic heterocycles. The number of hydrogen-bond acceptors (Lipinski definition) is 6. The Morgan fingerprint density at radius 2 is 2.09 bits per heavy atom. The van der Waals surface area contributed by atoms with E-state index in [2.05, 4.69) is 49.9 Å². The Bertz CT molecular complexity index is 1120. The van der Waals surface area contributed by atoms with Crippen molar-refractivity contribution in [2.45, 2.75) is 37.8 Å². The van der Waals surface area contributed by atoms with E-state index in [1.54, 1.807) is 13.2 Å². The third-order valence-electron chi connectivity index (χ3n) is 6.81. The number of nitrogens with zero attached hydrogens (tertiary/aromatic N) is 3. The van der Waals surface area contributed by atoms with Crippen LogP contribution in [0.5, 0.6) is 5.75 Å². The summed E-state index contributed by atoms with van der Waals surface area (Å²) in [6.07, 6.45) is 1.65. The van der Waals surface area contributed by atoms with Gasteiger partial charge in [0.2, 0.25) is 5.89 Å². The molecule has 8 heteroatoms. The van der Waals surface area contributed by atoms with Crippen molar-refractivity contribution >= 4 is 11.7 Å². The zero-order valence-electron chi connectivity index (χ0n) is 19.0. The van der Waals surface area contributed by atoms with Gasteiger partial charge in [-0.2, -0.15) is 4.98 Å². The second kappa shape index (κ2) is 8.86. The van der Waals surface area contributed by atoms with E-state index in [9.17, 15) is 4.79 Å². The van der Waals surface area contributed by atoms with E-state index >= 15 is 0 Å². The molecule has 2 fully saturated rings. The lowest BCUT2D eigenvalue weighted by atomic mass is 9.80. The number of aromatic nitrogens is 2. The summed E-state index contributed by atoms with van der Waals surface area (Å²) in [5, 5.41) is 10.1. The zero-order chi connectivity index (χ0) is 22.8. The van der Waals surface area contributed by atoms with E-state index in [1.165, 1.54) is 5.56 Å². The maximum absolute atomic E-state index is 12.7. The molecule has 2 amide bonds. The maximum atomic E-state index is 12.7. The largest absolute Gasteiger partial charge is 0.497 e. The number of likely N-dealkylation sites (tertiary alicyclic amines) is 1. The van der Waals surface area contributed by atoms with Gasteiger partial charge < -0.3 is 19.9 Å². The van der Waals surface area contributed by atoms with Crippen LogP contribution in [-0.4, -0.2) is 47.3 Å². The second-order valence-corrected chi connectivity index (χ2v) is 9.12. The summed E-state index contributed by atoms with van der Waals surface area (Å²) in [4.78, 5) is 19.8. The van der Waals surface area contributed by atoms with Gasteiger partial charge in [-0.1, -0.05) is 41.6 Å². The first-order valence-electron chi connectivity index (χ1n) is 11.3. The van der Waals surface area contributed by atoms with Gasteiger partial charge in [0.15, 0.2) is 5.82 Å². The van der Waals surface area contributed by atoms with Crippen LogP contribution in [0.15, 0.2) is 59.1 Å². The Balaban J connectivity index is 1.29. The van der Waals surface area contributed by atoms with E-state index in [0.29, 0.717) is 29.1 Å². The van der Waals surface area contributed by atoms with E-state index in [-0.39, 0.29) is 17.5 Å². The normalized spacial score (nSPS) is 24.4. The number of ether oxygens (including phenoxy) is 1. The number of methoxy groups -OCH3 is 1. The summed E-state index contributed by atoms with van der Waals surface area (Å²) in [6, 6.07) is 17.7. The summed E-state index contributed by atoms with van der Waals surface area (Å²) >= 11 is 0. The van der Waals surface area contributed by atoms with E-state index in [1.807, 2.05) is 31.2 Å². The minimum atomic E-state index is -0.246. The molecule has 1 aliphatic carbocycles. The molecular formula is C25H29N5O3. The highest BCUT2D eigenvalue weighted by atomic mass is 16.5. The molecule has 0 unspecified atom stereocenters. The highest BCUT2D eigenvalue weighted by Gasteiger charge is 2.57. The quantitative estimate of drug-likeness (QED) is 0.598. The lowest BCUT2D eigenvalue weighted by Crippen LogP contribution is -2.39. The summed E-state index contributed by atoms with van der Waals surface area (Å²) < 4.78 is 10.9. The molecule has 1 saturated heterocycles. The summed E-state index contributed by atoms with van der Waals surface area (Å²) in [5.74, 6) is 2.38. The summed E-state index contributed by atoms with van der Waals surface area (Å²) in [7, 11) is 1.61. The molecular weight excluding hydrogens is 418 g/mol. The van der Waals surface area contributed by atoms with Gasteiger partial charge in [-0.25, -0.2) is 4.79 Å². The predicted molar refractivity (Wildman–Crippen MR) is 124 cm³/mol. The topological polar surface area (TPSA) is 92.5 Å². The van der Waals surface area contributed by atoms with Gasteiger partial charge in [0.25, 0.3) is 0 Å². The first-order chi connectivity index (χ1) is 16.0. The lowest BCUT2D eigenvalue weighted by molar-refractivity contribution is 0.234. The third-order valence-corrected chi connectivity index (χ3v) is 6.81. The smallest absolute Gasteiger partial charge is 0.319 e. The molecule has 0 bridgehead atoms. The van der Waals surface area contributed by atoms with Crippen LogP contribution < -0.4 is 15.4 Å². The fourth-order valence-electron chi connectivity index (χ4n) is 5.43. The zero-order valence-corrected chi connectivity index (χ0v) is 19.0. The van der Waals surface area contributed by atoms with E-state index in [4.69, 9.17) is 9.26 Å². The predicted octanol–water partition coefficient (Wildman–Crippen LogP) is 3.74. The van der Waals surface area contributed by atoms with Crippen molar-refractivity contribution in [1.29, 1.82) is 0 Å². The molecule has 2 N–H and O–H groups in total. The number of hydrogen-bond donors (Lipinski definition) is 2. The standard InChI is InChI=1S/C25H29N5O3/c1-17-26-23(33-29-17)25-13-21(28-24(31)27-20-9-6-10-22(12-20)32-2)11-19(25)15-30(16-25)14-18-7-4-3-5-8-18/h3-10,12,19,21H,11,13-16H2,1-2H3,(H2,27,28,31)/t19-,21+,25-/m0/s1. The Morgan fingerprint density at radius 3 is 2.85 bits per heavy atom. The van der Waals surface area contributed by atoms with Gasteiger partial charge in [-0.3, -0.25) is 4.90 Å². The molecule has 0 radical (unpaired) electrons. The molecule has 33 heavy (non-hydrogen) atoms. The van der Waals surface area contributed by atoms with Crippen molar-refractivity contribution in [3.8, 4) is 5.75 Å². The SMILES string of the molecule is COc1cccc(NC(=O)N[C@@H]2C[C@H]3CN(Cc4ccccc4)C[C@@]3(c3nc(C)no3)C2)c1. The maximum Gasteiger partial charge on any atom is 0.319 e. The number of benzene rings is 2. The van der Waals surface area contributed by atoms with Crippen LogP contribution in [-0.2, 0) is 12.0 Å². The molecule has 5 rings (SSSR count).